The topological polar surface area (TPSA) is 76.1 Å². The van der Waals surface area contributed by atoms with Gasteiger partial charge in [0.25, 0.3) is 5.91 Å². The molecule has 1 amide bonds. The van der Waals surface area contributed by atoms with Crippen molar-refractivity contribution < 1.29 is 9.53 Å². The predicted octanol–water partition coefficient (Wildman–Crippen LogP) is -0.0266. The molecule has 1 aliphatic heterocycles. The first-order valence-corrected chi connectivity index (χ1v) is 6.74. The molecule has 102 valence electrons. The number of hydrogen-bond donors (Lipinski definition) is 2. The number of ether oxygens (including phenoxy) is 1. The molecule has 2 aliphatic rings. The second-order valence-electron chi connectivity index (χ2n) is 5.03. The summed E-state index contributed by atoms with van der Waals surface area (Å²) in [6.07, 6.45) is 7.00. The van der Waals surface area contributed by atoms with E-state index >= 15 is 0 Å². The maximum Gasteiger partial charge on any atom is 0.271 e. The number of aromatic nitrogens is 2. The van der Waals surface area contributed by atoms with Gasteiger partial charge in [0.15, 0.2) is 0 Å². The molecule has 3 atom stereocenters. The van der Waals surface area contributed by atoms with Crippen molar-refractivity contribution >= 4 is 5.91 Å². The van der Waals surface area contributed by atoms with Crippen LogP contribution in [0.4, 0.5) is 0 Å². The molecule has 0 spiro atoms. The number of nitrogens with zero attached hydrogens (tertiary/aromatic N) is 2. The molecule has 2 N–H and O–H groups in total. The van der Waals surface area contributed by atoms with Gasteiger partial charge in [0.2, 0.25) is 0 Å². The van der Waals surface area contributed by atoms with E-state index in [9.17, 15) is 4.79 Å². The fourth-order valence-corrected chi connectivity index (χ4v) is 2.91. The van der Waals surface area contributed by atoms with E-state index in [-0.39, 0.29) is 12.0 Å². The third-order valence-electron chi connectivity index (χ3n) is 3.85. The van der Waals surface area contributed by atoms with Gasteiger partial charge < -0.3 is 15.4 Å². The van der Waals surface area contributed by atoms with Crippen molar-refractivity contribution in [2.24, 2.45) is 5.92 Å². The molecule has 0 radical (unpaired) electrons. The quantitative estimate of drug-likeness (QED) is 0.800. The Morgan fingerprint density at radius 3 is 3.26 bits per heavy atom. The summed E-state index contributed by atoms with van der Waals surface area (Å²) in [5, 5.41) is 6.39. The molecule has 6 nitrogen and oxygen atoms in total. The fourth-order valence-electron chi connectivity index (χ4n) is 2.91. The van der Waals surface area contributed by atoms with Crippen molar-refractivity contribution in [2.75, 3.05) is 19.7 Å². The molecule has 3 rings (SSSR count). The highest BCUT2D eigenvalue weighted by Crippen LogP contribution is 2.29. The van der Waals surface area contributed by atoms with Gasteiger partial charge in [-0.15, -0.1) is 0 Å². The Labute approximate surface area is 112 Å². The summed E-state index contributed by atoms with van der Waals surface area (Å²) in [6.45, 7) is 2.33. The fraction of sp³-hybridized carbons (Fsp3) is 0.615. The average Bonchev–Trinajstić information content (AvgIpc) is 2.89. The largest absolute Gasteiger partial charge is 0.375 e. The molecular weight excluding hydrogens is 244 g/mol. The summed E-state index contributed by atoms with van der Waals surface area (Å²) in [6, 6.07) is 0.451. The number of rotatable bonds is 3. The highest BCUT2D eigenvalue weighted by Gasteiger charge is 2.38. The van der Waals surface area contributed by atoms with E-state index in [1.165, 1.54) is 12.4 Å². The van der Waals surface area contributed by atoms with Crippen LogP contribution in [0.1, 0.15) is 23.3 Å². The van der Waals surface area contributed by atoms with Crippen LogP contribution in [0, 0.1) is 5.92 Å². The van der Waals surface area contributed by atoms with Crippen LogP contribution in [0.2, 0.25) is 0 Å². The zero-order chi connectivity index (χ0) is 13.1. The molecule has 3 unspecified atom stereocenters. The Kier molecular flexibility index (Phi) is 3.70. The molecule has 1 aliphatic carbocycles. The van der Waals surface area contributed by atoms with Gasteiger partial charge in [0.1, 0.15) is 5.69 Å². The molecule has 2 fully saturated rings. The Morgan fingerprint density at radius 1 is 1.47 bits per heavy atom. The Balaban J connectivity index is 1.54. The third kappa shape index (κ3) is 2.74. The predicted molar refractivity (Wildman–Crippen MR) is 68.6 cm³/mol. The Morgan fingerprint density at radius 2 is 2.42 bits per heavy atom. The van der Waals surface area contributed by atoms with Gasteiger partial charge in [0.05, 0.1) is 18.9 Å². The first-order chi connectivity index (χ1) is 9.34. The van der Waals surface area contributed by atoms with Crippen LogP contribution in [0.15, 0.2) is 18.6 Å². The molecule has 1 aromatic rings. The van der Waals surface area contributed by atoms with E-state index in [0.717, 1.165) is 26.0 Å². The SMILES string of the molecule is O=C(NCC1CCC2NCCOC12)c1cnccn1. The van der Waals surface area contributed by atoms with Gasteiger partial charge in [-0.1, -0.05) is 0 Å². The zero-order valence-corrected chi connectivity index (χ0v) is 10.7. The minimum absolute atomic E-state index is 0.166. The van der Waals surface area contributed by atoms with Crippen molar-refractivity contribution in [3.8, 4) is 0 Å². The van der Waals surface area contributed by atoms with E-state index in [4.69, 9.17) is 4.74 Å². The lowest BCUT2D eigenvalue weighted by Crippen LogP contribution is -2.48. The van der Waals surface area contributed by atoms with Gasteiger partial charge in [-0.25, -0.2) is 4.98 Å². The van der Waals surface area contributed by atoms with Crippen molar-refractivity contribution in [3.05, 3.63) is 24.3 Å². The lowest BCUT2D eigenvalue weighted by Gasteiger charge is -2.30. The number of amides is 1. The molecule has 0 bridgehead atoms. The molecule has 2 heterocycles. The molecular formula is C13H18N4O2. The lowest BCUT2D eigenvalue weighted by molar-refractivity contribution is -0.0138. The average molecular weight is 262 g/mol. The second kappa shape index (κ2) is 5.63. The van der Waals surface area contributed by atoms with E-state index in [1.54, 1.807) is 6.20 Å². The summed E-state index contributed by atoms with van der Waals surface area (Å²) in [4.78, 5) is 19.8. The van der Waals surface area contributed by atoms with Gasteiger partial charge >= 0.3 is 0 Å². The van der Waals surface area contributed by atoms with Crippen molar-refractivity contribution in [1.29, 1.82) is 0 Å². The van der Waals surface area contributed by atoms with Gasteiger partial charge in [0, 0.05) is 37.4 Å². The monoisotopic (exact) mass is 262 g/mol. The normalized spacial score (nSPS) is 29.8. The van der Waals surface area contributed by atoms with E-state index < -0.39 is 0 Å². The Bertz CT molecular complexity index is 440. The first-order valence-electron chi connectivity index (χ1n) is 6.74. The second-order valence-corrected chi connectivity index (χ2v) is 5.03. The van der Waals surface area contributed by atoms with Gasteiger partial charge in [-0.05, 0) is 12.8 Å². The Hall–Kier alpha value is -1.53. The van der Waals surface area contributed by atoms with Crippen molar-refractivity contribution in [1.82, 2.24) is 20.6 Å². The molecule has 1 saturated heterocycles. The van der Waals surface area contributed by atoms with E-state index in [0.29, 0.717) is 24.2 Å². The van der Waals surface area contributed by atoms with Crippen LogP contribution in [0.25, 0.3) is 0 Å². The van der Waals surface area contributed by atoms with Crippen LogP contribution in [0.5, 0.6) is 0 Å². The number of hydrogen-bond acceptors (Lipinski definition) is 5. The summed E-state index contributed by atoms with van der Waals surface area (Å²) < 4.78 is 5.81. The van der Waals surface area contributed by atoms with Crippen LogP contribution in [-0.4, -0.2) is 47.7 Å². The molecule has 0 aromatic carbocycles. The molecule has 1 saturated carbocycles. The molecule has 6 heteroatoms. The van der Waals surface area contributed by atoms with Crippen LogP contribution >= 0.6 is 0 Å². The summed E-state index contributed by atoms with van der Waals surface area (Å²) in [5.41, 5.74) is 0.361. The van der Waals surface area contributed by atoms with E-state index in [1.807, 2.05) is 0 Å². The highest BCUT2D eigenvalue weighted by atomic mass is 16.5. The maximum atomic E-state index is 11.9. The highest BCUT2D eigenvalue weighted by molar-refractivity contribution is 5.91. The van der Waals surface area contributed by atoms with Crippen LogP contribution in [-0.2, 0) is 4.74 Å². The molecule has 19 heavy (non-hydrogen) atoms. The summed E-state index contributed by atoms with van der Waals surface area (Å²) >= 11 is 0. The van der Waals surface area contributed by atoms with Crippen LogP contribution in [0.3, 0.4) is 0 Å². The molecule has 1 aromatic heterocycles. The number of carbonyl (C=O) groups is 1. The third-order valence-corrected chi connectivity index (χ3v) is 3.85. The lowest BCUT2D eigenvalue weighted by atomic mass is 10.0. The zero-order valence-electron chi connectivity index (χ0n) is 10.7. The maximum absolute atomic E-state index is 11.9. The van der Waals surface area contributed by atoms with Crippen molar-refractivity contribution in [2.45, 2.75) is 25.0 Å². The van der Waals surface area contributed by atoms with Gasteiger partial charge in [-0.2, -0.15) is 0 Å². The number of morpholine rings is 1. The smallest absolute Gasteiger partial charge is 0.271 e. The van der Waals surface area contributed by atoms with Crippen molar-refractivity contribution in [3.63, 3.8) is 0 Å². The minimum Gasteiger partial charge on any atom is -0.375 e. The summed E-state index contributed by atoms with van der Waals surface area (Å²) in [5.74, 6) is 0.221. The van der Waals surface area contributed by atoms with Gasteiger partial charge in [-0.3, -0.25) is 9.78 Å². The van der Waals surface area contributed by atoms with E-state index in [2.05, 4.69) is 20.6 Å². The minimum atomic E-state index is -0.166. The summed E-state index contributed by atoms with van der Waals surface area (Å²) in [7, 11) is 0. The number of nitrogens with one attached hydrogen (secondary N) is 2. The van der Waals surface area contributed by atoms with Crippen LogP contribution < -0.4 is 10.6 Å². The number of carbonyl (C=O) groups excluding carboxylic acids is 1. The first kappa shape index (κ1) is 12.5. The standard InChI is InChI=1S/C13H18N4O2/c18-13(11-8-14-3-4-15-11)17-7-9-1-2-10-12(9)19-6-5-16-10/h3-4,8-10,12,16H,1-2,5-7H2,(H,17,18). The number of fused-ring (bicyclic) bond motifs is 1.